The lowest BCUT2D eigenvalue weighted by Gasteiger charge is -2.12. The van der Waals surface area contributed by atoms with E-state index < -0.39 is 0 Å². The van der Waals surface area contributed by atoms with Crippen LogP contribution in [0.15, 0.2) is 42.6 Å². The molecule has 2 aromatic rings. The Morgan fingerprint density at radius 3 is 2.70 bits per heavy atom. The molecule has 0 fully saturated rings. The first-order chi connectivity index (χ1) is 9.65. The molecule has 0 bridgehead atoms. The third-order valence-electron chi connectivity index (χ3n) is 3.25. The van der Waals surface area contributed by atoms with Gasteiger partial charge in [0.2, 0.25) is 5.91 Å². The van der Waals surface area contributed by atoms with E-state index in [2.05, 4.69) is 22.5 Å². The fourth-order valence-electron chi connectivity index (χ4n) is 2.10. The second kappa shape index (κ2) is 6.89. The number of nitrogens with one attached hydrogen (secondary N) is 1. The maximum absolute atomic E-state index is 11.9. The van der Waals surface area contributed by atoms with Crippen LogP contribution in [0.3, 0.4) is 0 Å². The van der Waals surface area contributed by atoms with Crippen molar-refractivity contribution in [2.45, 2.75) is 32.7 Å². The number of carbonyl (C=O) groups is 1. The summed E-state index contributed by atoms with van der Waals surface area (Å²) in [4.78, 5) is 11.9. The van der Waals surface area contributed by atoms with E-state index in [4.69, 9.17) is 0 Å². The zero-order chi connectivity index (χ0) is 14.4. The summed E-state index contributed by atoms with van der Waals surface area (Å²) in [7, 11) is 0. The molecule has 0 spiro atoms. The molecule has 1 N–H and O–H groups in total. The summed E-state index contributed by atoms with van der Waals surface area (Å²) in [6.45, 7) is 4.63. The van der Waals surface area contributed by atoms with E-state index in [0.717, 1.165) is 12.1 Å². The minimum atomic E-state index is 0.0709. The van der Waals surface area contributed by atoms with E-state index in [1.807, 2.05) is 49.0 Å². The molecule has 1 amide bonds. The predicted octanol–water partition coefficient (Wildman–Crippen LogP) is 2.50. The number of amides is 1. The molecule has 0 aliphatic rings. The molecule has 1 aromatic carbocycles. The van der Waals surface area contributed by atoms with Gasteiger partial charge in [-0.25, -0.2) is 0 Å². The molecule has 1 aromatic heterocycles. The summed E-state index contributed by atoms with van der Waals surface area (Å²) in [5, 5.41) is 7.29. The van der Waals surface area contributed by atoms with Gasteiger partial charge in [-0.1, -0.05) is 30.3 Å². The van der Waals surface area contributed by atoms with Crippen LogP contribution in [0.5, 0.6) is 0 Å². The standard InChI is InChI=1S/C16H21N3O/c1-13-9-11-19(18-13)14(2)12-16(20)17-10-8-15-6-4-3-5-7-15/h3-7,9,11,14H,8,10,12H2,1-2H3,(H,17,20)/t14-/m1/s1. The first kappa shape index (κ1) is 14.3. The predicted molar refractivity (Wildman–Crippen MR) is 79.4 cm³/mol. The third kappa shape index (κ3) is 4.23. The molecule has 0 saturated heterocycles. The van der Waals surface area contributed by atoms with Crippen LogP contribution in [0.1, 0.15) is 30.6 Å². The van der Waals surface area contributed by atoms with Gasteiger partial charge in [0, 0.05) is 19.2 Å². The maximum atomic E-state index is 11.9. The van der Waals surface area contributed by atoms with E-state index in [0.29, 0.717) is 13.0 Å². The molecule has 1 heterocycles. The molecular formula is C16H21N3O. The van der Waals surface area contributed by atoms with Gasteiger partial charge >= 0.3 is 0 Å². The topological polar surface area (TPSA) is 46.9 Å². The smallest absolute Gasteiger partial charge is 0.222 e. The van der Waals surface area contributed by atoms with Gasteiger partial charge in [-0.3, -0.25) is 9.48 Å². The molecule has 0 aliphatic carbocycles. The van der Waals surface area contributed by atoms with Crippen molar-refractivity contribution in [2.24, 2.45) is 0 Å². The zero-order valence-corrected chi connectivity index (χ0v) is 12.0. The summed E-state index contributed by atoms with van der Waals surface area (Å²) in [5.41, 5.74) is 2.21. The monoisotopic (exact) mass is 271 g/mol. The lowest BCUT2D eigenvalue weighted by Crippen LogP contribution is -2.27. The van der Waals surface area contributed by atoms with Crippen LogP contribution < -0.4 is 5.32 Å². The fourth-order valence-corrected chi connectivity index (χ4v) is 2.10. The fraction of sp³-hybridized carbons (Fsp3) is 0.375. The van der Waals surface area contributed by atoms with Crippen molar-refractivity contribution in [3.05, 3.63) is 53.9 Å². The summed E-state index contributed by atoms with van der Waals surface area (Å²) in [6, 6.07) is 12.2. The van der Waals surface area contributed by atoms with Crippen molar-refractivity contribution in [1.82, 2.24) is 15.1 Å². The highest BCUT2D eigenvalue weighted by atomic mass is 16.1. The normalized spacial score (nSPS) is 12.1. The second-order valence-electron chi connectivity index (χ2n) is 5.08. The number of nitrogens with zero attached hydrogens (tertiary/aromatic N) is 2. The van der Waals surface area contributed by atoms with Gasteiger partial charge in [0.05, 0.1) is 11.7 Å². The van der Waals surface area contributed by atoms with Crippen LogP contribution in [-0.2, 0) is 11.2 Å². The van der Waals surface area contributed by atoms with Crippen molar-refractivity contribution in [2.75, 3.05) is 6.54 Å². The lowest BCUT2D eigenvalue weighted by molar-refractivity contribution is -0.121. The van der Waals surface area contributed by atoms with Crippen molar-refractivity contribution in [1.29, 1.82) is 0 Å². The number of benzene rings is 1. The highest BCUT2D eigenvalue weighted by molar-refractivity contribution is 5.76. The molecule has 20 heavy (non-hydrogen) atoms. The first-order valence-corrected chi connectivity index (χ1v) is 6.97. The van der Waals surface area contributed by atoms with Crippen LogP contribution in [0.4, 0.5) is 0 Å². The largest absolute Gasteiger partial charge is 0.356 e. The Morgan fingerprint density at radius 1 is 1.30 bits per heavy atom. The SMILES string of the molecule is Cc1ccn([C@H](C)CC(=O)NCCc2ccccc2)n1. The molecule has 4 heteroatoms. The maximum Gasteiger partial charge on any atom is 0.222 e. The number of rotatable bonds is 6. The van der Waals surface area contributed by atoms with Crippen LogP contribution in [0.2, 0.25) is 0 Å². The first-order valence-electron chi connectivity index (χ1n) is 6.97. The van der Waals surface area contributed by atoms with Crippen molar-refractivity contribution >= 4 is 5.91 Å². The highest BCUT2D eigenvalue weighted by Gasteiger charge is 2.11. The van der Waals surface area contributed by atoms with Gasteiger partial charge in [-0.15, -0.1) is 0 Å². The number of hydrogen-bond acceptors (Lipinski definition) is 2. The van der Waals surface area contributed by atoms with E-state index >= 15 is 0 Å². The van der Waals surface area contributed by atoms with Gasteiger partial charge in [-0.05, 0) is 31.9 Å². The molecule has 0 saturated carbocycles. The number of carbonyl (C=O) groups excluding carboxylic acids is 1. The van der Waals surface area contributed by atoms with E-state index in [1.54, 1.807) is 0 Å². The number of hydrogen-bond donors (Lipinski definition) is 1. The molecule has 0 unspecified atom stereocenters. The Balaban J connectivity index is 1.73. The Kier molecular flexibility index (Phi) is 4.93. The summed E-state index contributed by atoms with van der Waals surface area (Å²) < 4.78 is 1.84. The van der Waals surface area contributed by atoms with Crippen molar-refractivity contribution < 1.29 is 4.79 Å². The van der Waals surface area contributed by atoms with E-state index in [-0.39, 0.29) is 11.9 Å². The minimum absolute atomic E-state index is 0.0709. The van der Waals surface area contributed by atoms with Crippen LogP contribution in [0, 0.1) is 6.92 Å². The van der Waals surface area contributed by atoms with Gasteiger partial charge < -0.3 is 5.32 Å². The number of aromatic nitrogens is 2. The highest BCUT2D eigenvalue weighted by Crippen LogP contribution is 2.09. The molecule has 0 aliphatic heterocycles. The van der Waals surface area contributed by atoms with Crippen molar-refractivity contribution in [3.63, 3.8) is 0 Å². The molecule has 1 atom stereocenters. The summed E-state index contributed by atoms with van der Waals surface area (Å²) >= 11 is 0. The molecule has 4 nitrogen and oxygen atoms in total. The molecule has 0 radical (unpaired) electrons. The van der Waals surface area contributed by atoms with Crippen LogP contribution in [0.25, 0.3) is 0 Å². The second-order valence-corrected chi connectivity index (χ2v) is 5.08. The lowest BCUT2D eigenvalue weighted by atomic mass is 10.1. The molecule has 2 rings (SSSR count). The zero-order valence-electron chi connectivity index (χ0n) is 12.0. The Hall–Kier alpha value is -2.10. The van der Waals surface area contributed by atoms with Gasteiger partial charge in [0.1, 0.15) is 0 Å². The average molecular weight is 271 g/mol. The summed E-state index contributed by atoms with van der Waals surface area (Å²) in [5.74, 6) is 0.0709. The quantitative estimate of drug-likeness (QED) is 0.877. The van der Waals surface area contributed by atoms with Crippen LogP contribution in [-0.4, -0.2) is 22.2 Å². The Bertz CT molecular complexity index is 548. The number of aryl methyl sites for hydroxylation is 1. The van der Waals surface area contributed by atoms with Crippen molar-refractivity contribution in [3.8, 4) is 0 Å². The van der Waals surface area contributed by atoms with Gasteiger partial charge in [0.15, 0.2) is 0 Å². The van der Waals surface area contributed by atoms with Gasteiger partial charge in [-0.2, -0.15) is 5.10 Å². The average Bonchev–Trinajstić information content (AvgIpc) is 2.87. The van der Waals surface area contributed by atoms with Crippen LogP contribution >= 0.6 is 0 Å². The third-order valence-corrected chi connectivity index (χ3v) is 3.25. The minimum Gasteiger partial charge on any atom is -0.356 e. The summed E-state index contributed by atoms with van der Waals surface area (Å²) in [6.07, 6.45) is 3.23. The van der Waals surface area contributed by atoms with Gasteiger partial charge in [0.25, 0.3) is 0 Å². The Morgan fingerprint density at radius 2 is 2.05 bits per heavy atom. The molecular weight excluding hydrogens is 250 g/mol. The van der Waals surface area contributed by atoms with E-state index in [9.17, 15) is 4.79 Å². The van der Waals surface area contributed by atoms with E-state index in [1.165, 1.54) is 5.56 Å². The molecule has 106 valence electrons. The Labute approximate surface area is 119 Å².